The standard InChI is InChI=1S/C12H18O3/c1-3-11(13)14-8-12(4-2)6-5-9-10(7-12)15-9/h3,9-10H,1,4-8H2,2H3. The molecule has 0 amide bonds. The molecule has 1 aliphatic heterocycles. The zero-order valence-electron chi connectivity index (χ0n) is 9.20. The monoisotopic (exact) mass is 210 g/mol. The van der Waals surface area contributed by atoms with Gasteiger partial charge in [0.15, 0.2) is 0 Å². The van der Waals surface area contributed by atoms with Crippen LogP contribution in [0.3, 0.4) is 0 Å². The van der Waals surface area contributed by atoms with Gasteiger partial charge in [-0.05, 0) is 25.7 Å². The first-order valence-electron chi connectivity index (χ1n) is 5.64. The van der Waals surface area contributed by atoms with Crippen LogP contribution >= 0.6 is 0 Å². The second kappa shape index (κ2) is 3.97. The van der Waals surface area contributed by atoms with Gasteiger partial charge in [-0.15, -0.1) is 0 Å². The van der Waals surface area contributed by atoms with Gasteiger partial charge in [0, 0.05) is 11.5 Å². The molecule has 1 heterocycles. The van der Waals surface area contributed by atoms with Gasteiger partial charge in [-0.25, -0.2) is 4.79 Å². The fourth-order valence-corrected chi connectivity index (χ4v) is 2.43. The van der Waals surface area contributed by atoms with Crippen molar-refractivity contribution in [3.05, 3.63) is 12.7 Å². The van der Waals surface area contributed by atoms with Gasteiger partial charge < -0.3 is 9.47 Å². The molecular formula is C12H18O3. The van der Waals surface area contributed by atoms with E-state index in [0.29, 0.717) is 18.8 Å². The Kier molecular flexibility index (Phi) is 2.83. The van der Waals surface area contributed by atoms with Crippen molar-refractivity contribution in [1.82, 2.24) is 0 Å². The summed E-state index contributed by atoms with van der Waals surface area (Å²) < 4.78 is 10.7. The van der Waals surface area contributed by atoms with Crippen molar-refractivity contribution in [2.45, 2.75) is 44.8 Å². The maximum Gasteiger partial charge on any atom is 0.330 e. The molecule has 3 atom stereocenters. The SMILES string of the molecule is C=CC(=O)OCC1(CC)CCC2OC2C1. The molecule has 84 valence electrons. The summed E-state index contributed by atoms with van der Waals surface area (Å²) in [6.45, 7) is 6.07. The van der Waals surface area contributed by atoms with Crippen molar-refractivity contribution < 1.29 is 14.3 Å². The van der Waals surface area contributed by atoms with Gasteiger partial charge in [-0.3, -0.25) is 0 Å². The van der Waals surface area contributed by atoms with Crippen LogP contribution in [0.5, 0.6) is 0 Å². The first kappa shape index (κ1) is 10.7. The van der Waals surface area contributed by atoms with E-state index >= 15 is 0 Å². The van der Waals surface area contributed by atoms with Crippen LogP contribution in [-0.4, -0.2) is 24.8 Å². The summed E-state index contributed by atoms with van der Waals surface area (Å²) in [7, 11) is 0. The smallest absolute Gasteiger partial charge is 0.330 e. The fraction of sp³-hybridized carbons (Fsp3) is 0.750. The summed E-state index contributed by atoms with van der Waals surface area (Å²) in [6.07, 6.45) is 6.46. The lowest BCUT2D eigenvalue weighted by molar-refractivity contribution is -0.142. The third kappa shape index (κ3) is 2.23. The van der Waals surface area contributed by atoms with Crippen LogP contribution in [0.2, 0.25) is 0 Å². The van der Waals surface area contributed by atoms with Gasteiger partial charge in [0.25, 0.3) is 0 Å². The number of rotatable bonds is 4. The van der Waals surface area contributed by atoms with Crippen molar-refractivity contribution in [2.75, 3.05) is 6.61 Å². The lowest BCUT2D eigenvalue weighted by atomic mass is 9.73. The Morgan fingerprint density at radius 3 is 3.07 bits per heavy atom. The number of hydrogen-bond acceptors (Lipinski definition) is 3. The minimum Gasteiger partial charge on any atom is -0.462 e. The summed E-state index contributed by atoms with van der Waals surface area (Å²) in [5.41, 5.74) is 0.149. The average molecular weight is 210 g/mol. The molecule has 3 unspecified atom stereocenters. The summed E-state index contributed by atoms with van der Waals surface area (Å²) in [6, 6.07) is 0. The molecule has 2 fully saturated rings. The Balaban J connectivity index is 1.89. The van der Waals surface area contributed by atoms with Crippen LogP contribution in [0.25, 0.3) is 0 Å². The number of carbonyl (C=O) groups is 1. The molecule has 0 spiro atoms. The lowest BCUT2D eigenvalue weighted by Crippen LogP contribution is -2.33. The quantitative estimate of drug-likeness (QED) is 0.405. The maximum absolute atomic E-state index is 11.0. The van der Waals surface area contributed by atoms with E-state index in [0.717, 1.165) is 25.7 Å². The van der Waals surface area contributed by atoms with E-state index in [-0.39, 0.29) is 11.4 Å². The van der Waals surface area contributed by atoms with Gasteiger partial charge in [0.05, 0.1) is 18.8 Å². The highest BCUT2D eigenvalue weighted by atomic mass is 16.6. The molecule has 2 rings (SSSR count). The molecule has 3 heteroatoms. The van der Waals surface area contributed by atoms with Crippen LogP contribution in [-0.2, 0) is 14.3 Å². The molecule has 0 bridgehead atoms. The van der Waals surface area contributed by atoms with E-state index in [4.69, 9.17) is 9.47 Å². The van der Waals surface area contributed by atoms with E-state index in [1.54, 1.807) is 0 Å². The Labute approximate surface area is 90.4 Å². The molecule has 0 aromatic rings. The molecule has 0 N–H and O–H groups in total. The first-order chi connectivity index (χ1) is 7.19. The highest BCUT2D eigenvalue weighted by molar-refractivity contribution is 5.81. The van der Waals surface area contributed by atoms with Crippen molar-refractivity contribution >= 4 is 5.97 Å². The average Bonchev–Trinajstić information content (AvgIpc) is 3.03. The number of hydrogen-bond donors (Lipinski definition) is 0. The molecule has 1 saturated carbocycles. The Hall–Kier alpha value is -0.830. The normalized spacial score (nSPS) is 37.9. The van der Waals surface area contributed by atoms with Gasteiger partial charge in [0.2, 0.25) is 0 Å². The second-order valence-electron chi connectivity index (χ2n) is 4.62. The van der Waals surface area contributed by atoms with Gasteiger partial charge in [0.1, 0.15) is 0 Å². The van der Waals surface area contributed by atoms with Crippen molar-refractivity contribution in [1.29, 1.82) is 0 Å². The van der Waals surface area contributed by atoms with Gasteiger partial charge in [-0.2, -0.15) is 0 Å². The van der Waals surface area contributed by atoms with Crippen LogP contribution in [0.1, 0.15) is 32.6 Å². The lowest BCUT2D eigenvalue weighted by Gasteiger charge is -2.33. The largest absolute Gasteiger partial charge is 0.462 e. The number of ether oxygens (including phenoxy) is 2. The second-order valence-corrected chi connectivity index (χ2v) is 4.62. The summed E-state index contributed by atoms with van der Waals surface area (Å²) >= 11 is 0. The molecule has 1 aliphatic carbocycles. The molecular weight excluding hydrogens is 192 g/mol. The zero-order chi connectivity index (χ0) is 10.9. The molecule has 3 nitrogen and oxygen atoms in total. The number of carbonyl (C=O) groups excluding carboxylic acids is 1. The van der Waals surface area contributed by atoms with E-state index in [1.165, 1.54) is 6.08 Å². The van der Waals surface area contributed by atoms with Crippen LogP contribution < -0.4 is 0 Å². The molecule has 2 aliphatic rings. The minimum absolute atomic E-state index is 0.149. The summed E-state index contributed by atoms with van der Waals surface area (Å²) in [5, 5.41) is 0. The highest BCUT2D eigenvalue weighted by Crippen LogP contribution is 2.48. The first-order valence-corrected chi connectivity index (χ1v) is 5.64. The Bertz CT molecular complexity index is 274. The van der Waals surface area contributed by atoms with E-state index in [2.05, 4.69) is 13.5 Å². The van der Waals surface area contributed by atoms with E-state index in [9.17, 15) is 4.79 Å². The summed E-state index contributed by atoms with van der Waals surface area (Å²) in [5.74, 6) is -0.318. The molecule has 0 aromatic heterocycles. The van der Waals surface area contributed by atoms with Crippen LogP contribution in [0.4, 0.5) is 0 Å². The van der Waals surface area contributed by atoms with Gasteiger partial charge >= 0.3 is 5.97 Å². The topological polar surface area (TPSA) is 38.8 Å². The summed E-state index contributed by atoms with van der Waals surface area (Å²) in [4.78, 5) is 11.0. The fourth-order valence-electron chi connectivity index (χ4n) is 2.43. The van der Waals surface area contributed by atoms with Crippen LogP contribution in [0.15, 0.2) is 12.7 Å². The van der Waals surface area contributed by atoms with E-state index < -0.39 is 0 Å². The maximum atomic E-state index is 11.0. The third-order valence-electron chi connectivity index (χ3n) is 3.72. The molecule has 1 saturated heterocycles. The molecule has 0 aromatic carbocycles. The molecule has 0 radical (unpaired) electrons. The highest BCUT2D eigenvalue weighted by Gasteiger charge is 2.50. The van der Waals surface area contributed by atoms with Crippen LogP contribution in [0, 0.1) is 5.41 Å². The van der Waals surface area contributed by atoms with Crippen molar-refractivity contribution in [3.63, 3.8) is 0 Å². The predicted octanol–water partition coefficient (Wildman–Crippen LogP) is 2.06. The number of fused-ring (bicyclic) bond motifs is 1. The Morgan fingerprint density at radius 2 is 2.47 bits per heavy atom. The van der Waals surface area contributed by atoms with E-state index in [1.807, 2.05) is 0 Å². The van der Waals surface area contributed by atoms with Crippen molar-refractivity contribution in [3.8, 4) is 0 Å². The van der Waals surface area contributed by atoms with Crippen molar-refractivity contribution in [2.24, 2.45) is 5.41 Å². The number of epoxide rings is 1. The minimum atomic E-state index is -0.318. The molecule has 15 heavy (non-hydrogen) atoms. The van der Waals surface area contributed by atoms with Gasteiger partial charge in [-0.1, -0.05) is 13.5 Å². The zero-order valence-corrected chi connectivity index (χ0v) is 9.20. The number of esters is 1. The third-order valence-corrected chi connectivity index (χ3v) is 3.72. The predicted molar refractivity (Wildman–Crippen MR) is 56.4 cm³/mol. The Morgan fingerprint density at radius 1 is 1.67 bits per heavy atom.